The summed E-state index contributed by atoms with van der Waals surface area (Å²) < 4.78 is 0. The molecule has 2 rings (SSSR count). The largest absolute Gasteiger partial charge is 0.398 e. The maximum atomic E-state index is 6.14. The summed E-state index contributed by atoms with van der Waals surface area (Å²) in [7, 11) is 0. The van der Waals surface area contributed by atoms with Crippen molar-refractivity contribution in [3.05, 3.63) is 46.4 Å². The predicted molar refractivity (Wildman–Crippen MR) is 70.7 cm³/mol. The van der Waals surface area contributed by atoms with Crippen LogP contribution in [0.2, 0.25) is 10.0 Å². The Hall–Kier alpha value is -1.38. The minimum Gasteiger partial charge on any atom is -0.398 e. The third kappa shape index (κ3) is 1.82. The zero-order valence-corrected chi connectivity index (χ0v) is 9.89. The predicted octanol–water partition coefficient (Wildman–Crippen LogP) is 3.82. The van der Waals surface area contributed by atoms with Crippen molar-refractivity contribution in [1.82, 2.24) is 0 Å². The third-order valence-electron chi connectivity index (χ3n) is 2.36. The van der Waals surface area contributed by atoms with Crippen molar-refractivity contribution < 1.29 is 0 Å². The molecule has 0 heterocycles. The summed E-state index contributed by atoms with van der Waals surface area (Å²) in [6.45, 7) is 0. The topological polar surface area (TPSA) is 52.0 Å². The number of nitrogens with two attached hydrogens (primary N) is 2. The van der Waals surface area contributed by atoms with E-state index < -0.39 is 0 Å². The lowest BCUT2D eigenvalue weighted by Gasteiger charge is -2.10. The Morgan fingerprint density at radius 1 is 0.688 bits per heavy atom. The molecule has 0 saturated carbocycles. The standard InChI is InChI=1S/C12H10Cl2N2/c13-11-8(5-6-10(16)12(11)14)7-3-1-2-4-9(7)15/h1-6H,15-16H2. The molecular formula is C12H10Cl2N2. The van der Waals surface area contributed by atoms with Gasteiger partial charge in [-0.05, 0) is 12.1 Å². The van der Waals surface area contributed by atoms with E-state index in [9.17, 15) is 0 Å². The van der Waals surface area contributed by atoms with E-state index >= 15 is 0 Å². The van der Waals surface area contributed by atoms with Gasteiger partial charge in [0.05, 0.1) is 15.7 Å². The van der Waals surface area contributed by atoms with E-state index in [1.807, 2.05) is 30.3 Å². The molecule has 2 nitrogen and oxygen atoms in total. The van der Waals surface area contributed by atoms with Crippen molar-refractivity contribution in [2.24, 2.45) is 0 Å². The first-order valence-electron chi connectivity index (χ1n) is 4.69. The summed E-state index contributed by atoms with van der Waals surface area (Å²) in [5.41, 5.74) is 14.3. The van der Waals surface area contributed by atoms with Gasteiger partial charge in [0.1, 0.15) is 0 Å². The average molecular weight is 253 g/mol. The molecule has 0 atom stereocenters. The molecular weight excluding hydrogens is 243 g/mol. The van der Waals surface area contributed by atoms with Gasteiger partial charge in [-0.3, -0.25) is 0 Å². The van der Waals surface area contributed by atoms with Crippen molar-refractivity contribution in [2.75, 3.05) is 11.5 Å². The lowest BCUT2D eigenvalue weighted by molar-refractivity contribution is 1.60. The Morgan fingerprint density at radius 2 is 1.38 bits per heavy atom. The van der Waals surface area contributed by atoms with E-state index in [1.54, 1.807) is 6.07 Å². The molecule has 0 saturated heterocycles. The van der Waals surface area contributed by atoms with E-state index in [2.05, 4.69) is 0 Å². The maximum absolute atomic E-state index is 6.14. The summed E-state index contributed by atoms with van der Waals surface area (Å²) in [4.78, 5) is 0. The molecule has 4 N–H and O–H groups in total. The molecule has 0 aromatic heterocycles. The lowest BCUT2D eigenvalue weighted by Crippen LogP contribution is -1.92. The highest BCUT2D eigenvalue weighted by Gasteiger charge is 2.11. The van der Waals surface area contributed by atoms with Crippen molar-refractivity contribution in [3.8, 4) is 11.1 Å². The molecule has 0 aliphatic heterocycles. The molecule has 0 unspecified atom stereocenters. The zero-order chi connectivity index (χ0) is 11.7. The van der Waals surface area contributed by atoms with Crippen molar-refractivity contribution >= 4 is 34.6 Å². The summed E-state index contributed by atoms with van der Waals surface area (Å²) in [6, 6.07) is 11.0. The summed E-state index contributed by atoms with van der Waals surface area (Å²) in [5.74, 6) is 0. The summed E-state index contributed by atoms with van der Waals surface area (Å²) in [5, 5.41) is 0.794. The van der Waals surface area contributed by atoms with E-state index in [4.69, 9.17) is 34.7 Å². The Balaban J connectivity index is 2.66. The normalized spacial score (nSPS) is 10.4. The Bertz CT molecular complexity index is 539. The van der Waals surface area contributed by atoms with Crippen LogP contribution in [0.15, 0.2) is 36.4 Å². The number of hydrogen-bond donors (Lipinski definition) is 2. The van der Waals surface area contributed by atoms with Crippen LogP contribution < -0.4 is 11.5 Å². The van der Waals surface area contributed by atoms with Crippen LogP contribution in [0.3, 0.4) is 0 Å². The number of para-hydroxylation sites is 1. The molecule has 0 fully saturated rings. The SMILES string of the molecule is Nc1ccccc1-c1ccc(N)c(Cl)c1Cl. The fraction of sp³-hybridized carbons (Fsp3) is 0. The van der Waals surface area contributed by atoms with E-state index in [0.29, 0.717) is 21.4 Å². The Labute approximate surface area is 104 Å². The first kappa shape index (κ1) is 11.1. The van der Waals surface area contributed by atoms with Crippen LogP contribution in [0.1, 0.15) is 0 Å². The molecule has 2 aromatic carbocycles. The highest BCUT2D eigenvalue weighted by molar-refractivity contribution is 6.45. The summed E-state index contributed by atoms with van der Waals surface area (Å²) in [6.07, 6.45) is 0. The van der Waals surface area contributed by atoms with Crippen LogP contribution in [-0.4, -0.2) is 0 Å². The van der Waals surface area contributed by atoms with Crippen molar-refractivity contribution in [3.63, 3.8) is 0 Å². The Morgan fingerprint density at radius 3 is 2.06 bits per heavy atom. The molecule has 2 aromatic rings. The number of benzene rings is 2. The van der Waals surface area contributed by atoms with Crippen LogP contribution in [-0.2, 0) is 0 Å². The minimum absolute atomic E-state index is 0.363. The first-order chi connectivity index (χ1) is 7.61. The van der Waals surface area contributed by atoms with Crippen LogP contribution in [0.25, 0.3) is 11.1 Å². The first-order valence-corrected chi connectivity index (χ1v) is 5.45. The van der Waals surface area contributed by atoms with Gasteiger partial charge in [0.15, 0.2) is 0 Å². The molecule has 0 spiro atoms. The van der Waals surface area contributed by atoms with Crippen LogP contribution in [0.5, 0.6) is 0 Å². The molecule has 4 heteroatoms. The lowest BCUT2D eigenvalue weighted by atomic mass is 10.0. The number of anilines is 2. The molecule has 0 radical (unpaired) electrons. The van der Waals surface area contributed by atoms with Gasteiger partial charge in [-0.1, -0.05) is 47.5 Å². The Kier molecular flexibility index (Phi) is 2.95. The van der Waals surface area contributed by atoms with Crippen LogP contribution >= 0.6 is 23.2 Å². The zero-order valence-electron chi connectivity index (χ0n) is 8.37. The minimum atomic E-state index is 0.363. The molecule has 0 aliphatic carbocycles. The second kappa shape index (κ2) is 4.24. The molecule has 0 amide bonds. The number of rotatable bonds is 1. The molecule has 82 valence electrons. The molecule has 0 bridgehead atoms. The van der Waals surface area contributed by atoms with E-state index in [1.165, 1.54) is 0 Å². The highest BCUT2D eigenvalue weighted by atomic mass is 35.5. The van der Waals surface area contributed by atoms with Gasteiger partial charge in [0.2, 0.25) is 0 Å². The molecule has 16 heavy (non-hydrogen) atoms. The highest BCUT2D eigenvalue weighted by Crippen LogP contribution is 2.38. The van der Waals surface area contributed by atoms with Crippen molar-refractivity contribution in [1.29, 1.82) is 0 Å². The quantitative estimate of drug-likeness (QED) is 0.759. The fourth-order valence-electron chi connectivity index (χ4n) is 1.51. The van der Waals surface area contributed by atoms with E-state index in [-0.39, 0.29) is 0 Å². The summed E-state index contributed by atoms with van der Waals surface area (Å²) >= 11 is 12.1. The van der Waals surface area contributed by atoms with Gasteiger partial charge in [0, 0.05) is 16.8 Å². The number of nitrogen functional groups attached to an aromatic ring is 2. The maximum Gasteiger partial charge on any atom is 0.0827 e. The van der Waals surface area contributed by atoms with Gasteiger partial charge >= 0.3 is 0 Å². The van der Waals surface area contributed by atoms with E-state index in [0.717, 1.165) is 11.1 Å². The van der Waals surface area contributed by atoms with Gasteiger partial charge in [0.25, 0.3) is 0 Å². The van der Waals surface area contributed by atoms with Crippen LogP contribution in [0.4, 0.5) is 11.4 Å². The third-order valence-corrected chi connectivity index (χ3v) is 3.26. The average Bonchev–Trinajstić information content (AvgIpc) is 2.28. The molecule has 0 aliphatic rings. The fourth-order valence-corrected chi connectivity index (χ4v) is 1.95. The van der Waals surface area contributed by atoms with Gasteiger partial charge in [-0.2, -0.15) is 0 Å². The number of hydrogen-bond acceptors (Lipinski definition) is 2. The second-order valence-corrected chi connectivity index (χ2v) is 4.17. The monoisotopic (exact) mass is 252 g/mol. The van der Waals surface area contributed by atoms with Crippen molar-refractivity contribution in [2.45, 2.75) is 0 Å². The second-order valence-electron chi connectivity index (χ2n) is 3.42. The van der Waals surface area contributed by atoms with Gasteiger partial charge < -0.3 is 11.5 Å². The van der Waals surface area contributed by atoms with Gasteiger partial charge in [-0.15, -0.1) is 0 Å². The number of halogens is 2. The van der Waals surface area contributed by atoms with Gasteiger partial charge in [-0.25, -0.2) is 0 Å². The smallest absolute Gasteiger partial charge is 0.0827 e. The van der Waals surface area contributed by atoms with Crippen LogP contribution in [0, 0.1) is 0 Å².